The maximum absolute atomic E-state index is 13.6. The molecule has 0 aliphatic rings. The highest BCUT2D eigenvalue weighted by molar-refractivity contribution is 6.30. The summed E-state index contributed by atoms with van der Waals surface area (Å²) < 4.78 is 18.8. The summed E-state index contributed by atoms with van der Waals surface area (Å²) in [6, 6.07) is 5.59. The van der Waals surface area contributed by atoms with Crippen molar-refractivity contribution < 1.29 is 13.6 Å². The Morgan fingerprint density at radius 2 is 1.94 bits per heavy atom. The lowest BCUT2D eigenvalue weighted by Crippen LogP contribution is -2.04. The van der Waals surface area contributed by atoms with Gasteiger partial charge in [0.2, 0.25) is 0 Å². The normalized spacial score (nSPS) is 10.6. The first-order valence-corrected chi connectivity index (χ1v) is 5.43. The van der Waals surface area contributed by atoms with Crippen molar-refractivity contribution in [2.45, 2.75) is 13.8 Å². The first kappa shape index (κ1) is 11.9. The highest BCUT2D eigenvalue weighted by Gasteiger charge is 2.18. The van der Waals surface area contributed by atoms with E-state index in [-0.39, 0.29) is 10.6 Å². The first-order valence-electron chi connectivity index (χ1n) is 5.06. The molecule has 0 bridgehead atoms. The van der Waals surface area contributed by atoms with Crippen LogP contribution in [0.25, 0.3) is 0 Å². The summed E-state index contributed by atoms with van der Waals surface area (Å²) in [6.45, 7) is 3.41. The molecule has 0 N–H and O–H groups in total. The lowest BCUT2D eigenvalue weighted by Gasteiger charge is -2.01. The quantitative estimate of drug-likeness (QED) is 0.759. The summed E-state index contributed by atoms with van der Waals surface area (Å²) in [5, 5.41) is 0.263. The van der Waals surface area contributed by atoms with Gasteiger partial charge in [-0.1, -0.05) is 11.6 Å². The number of hydrogen-bond acceptors (Lipinski definition) is 2. The van der Waals surface area contributed by atoms with E-state index in [4.69, 9.17) is 16.0 Å². The van der Waals surface area contributed by atoms with Gasteiger partial charge in [-0.15, -0.1) is 0 Å². The minimum absolute atomic E-state index is 0.00157. The molecular formula is C13H10ClFO2. The van der Waals surface area contributed by atoms with Crippen LogP contribution in [0.2, 0.25) is 5.02 Å². The molecule has 2 aromatic rings. The van der Waals surface area contributed by atoms with Crippen LogP contribution in [0.3, 0.4) is 0 Å². The molecule has 1 aromatic carbocycles. The Morgan fingerprint density at radius 3 is 2.47 bits per heavy atom. The fourth-order valence-corrected chi connectivity index (χ4v) is 1.83. The van der Waals surface area contributed by atoms with E-state index in [1.807, 2.05) is 0 Å². The van der Waals surface area contributed by atoms with Crippen LogP contribution in [0, 0.1) is 19.7 Å². The number of aryl methyl sites for hydroxylation is 2. The van der Waals surface area contributed by atoms with E-state index in [1.54, 1.807) is 19.9 Å². The van der Waals surface area contributed by atoms with Gasteiger partial charge in [0.05, 0.1) is 11.1 Å². The molecule has 2 nitrogen and oxygen atoms in total. The number of carbonyl (C=O) groups excluding carboxylic acids is 1. The number of halogens is 2. The minimum atomic E-state index is -0.624. The molecule has 88 valence electrons. The van der Waals surface area contributed by atoms with E-state index < -0.39 is 11.6 Å². The summed E-state index contributed by atoms with van der Waals surface area (Å²) in [4.78, 5) is 12.1. The Labute approximate surface area is 103 Å². The average Bonchev–Trinajstić information content (AvgIpc) is 2.57. The van der Waals surface area contributed by atoms with Crippen molar-refractivity contribution in [1.29, 1.82) is 0 Å². The summed E-state index contributed by atoms with van der Waals surface area (Å²) in [7, 11) is 0. The number of benzene rings is 1. The Balaban J connectivity index is 2.47. The Hall–Kier alpha value is -1.61. The fraction of sp³-hybridized carbons (Fsp3) is 0.154. The molecule has 0 amide bonds. The second kappa shape index (κ2) is 4.34. The zero-order chi connectivity index (χ0) is 12.6. The van der Waals surface area contributed by atoms with Crippen molar-refractivity contribution in [1.82, 2.24) is 0 Å². The maximum Gasteiger partial charge on any atom is 0.199 e. The molecule has 0 fully saturated rings. The van der Waals surface area contributed by atoms with E-state index in [9.17, 15) is 9.18 Å². The molecule has 1 heterocycles. The van der Waals surface area contributed by atoms with E-state index in [2.05, 4.69) is 0 Å². The third-order valence-electron chi connectivity index (χ3n) is 2.46. The molecule has 17 heavy (non-hydrogen) atoms. The lowest BCUT2D eigenvalue weighted by atomic mass is 10.0. The average molecular weight is 253 g/mol. The molecule has 0 atom stereocenters. The van der Waals surface area contributed by atoms with Gasteiger partial charge >= 0.3 is 0 Å². The van der Waals surface area contributed by atoms with Crippen LogP contribution in [0.4, 0.5) is 4.39 Å². The highest BCUT2D eigenvalue weighted by Crippen LogP contribution is 2.21. The summed E-state index contributed by atoms with van der Waals surface area (Å²) >= 11 is 5.63. The zero-order valence-corrected chi connectivity index (χ0v) is 10.1. The molecule has 4 heteroatoms. The van der Waals surface area contributed by atoms with Gasteiger partial charge in [0.15, 0.2) is 5.78 Å². The van der Waals surface area contributed by atoms with E-state index >= 15 is 0 Å². The molecule has 1 aromatic heterocycles. The van der Waals surface area contributed by atoms with Crippen LogP contribution in [0.5, 0.6) is 0 Å². The van der Waals surface area contributed by atoms with Gasteiger partial charge in [-0.2, -0.15) is 0 Å². The van der Waals surface area contributed by atoms with Crippen LogP contribution in [-0.2, 0) is 0 Å². The Bertz CT molecular complexity index is 587. The predicted octanol–water partition coefficient (Wildman–Crippen LogP) is 3.92. The first-order chi connectivity index (χ1) is 7.99. The molecule has 0 saturated carbocycles. The number of ketones is 1. The fourth-order valence-electron chi connectivity index (χ4n) is 1.67. The topological polar surface area (TPSA) is 30.2 Å². The number of rotatable bonds is 2. The largest absolute Gasteiger partial charge is 0.466 e. The van der Waals surface area contributed by atoms with Gasteiger partial charge in [0, 0.05) is 5.02 Å². The van der Waals surface area contributed by atoms with E-state index in [1.165, 1.54) is 12.1 Å². The smallest absolute Gasteiger partial charge is 0.199 e. The number of carbonyl (C=O) groups is 1. The Morgan fingerprint density at radius 1 is 1.24 bits per heavy atom. The van der Waals surface area contributed by atoms with Gasteiger partial charge in [-0.25, -0.2) is 4.39 Å². The van der Waals surface area contributed by atoms with Crippen molar-refractivity contribution in [2.24, 2.45) is 0 Å². The molecule has 0 saturated heterocycles. The van der Waals surface area contributed by atoms with Gasteiger partial charge < -0.3 is 4.42 Å². The molecule has 0 aliphatic carbocycles. The molecule has 0 aliphatic heterocycles. The summed E-state index contributed by atoms with van der Waals surface area (Å²) in [5.41, 5.74) is 0.377. The van der Waals surface area contributed by atoms with Crippen molar-refractivity contribution in [3.05, 3.63) is 57.8 Å². The molecule has 0 spiro atoms. The van der Waals surface area contributed by atoms with Crippen LogP contribution in [0.1, 0.15) is 27.4 Å². The SMILES string of the molecule is Cc1cc(C(=O)c2ccc(Cl)cc2F)c(C)o1. The molecule has 2 rings (SSSR count). The summed E-state index contributed by atoms with van der Waals surface area (Å²) in [6.07, 6.45) is 0. The predicted molar refractivity (Wildman–Crippen MR) is 63.0 cm³/mol. The van der Waals surface area contributed by atoms with Gasteiger partial charge in [-0.05, 0) is 38.1 Å². The molecular weight excluding hydrogens is 243 g/mol. The minimum Gasteiger partial charge on any atom is -0.466 e. The van der Waals surface area contributed by atoms with Crippen molar-refractivity contribution in [3.63, 3.8) is 0 Å². The second-order valence-electron chi connectivity index (χ2n) is 3.78. The lowest BCUT2D eigenvalue weighted by molar-refractivity contribution is 0.103. The van der Waals surface area contributed by atoms with Crippen LogP contribution in [-0.4, -0.2) is 5.78 Å². The zero-order valence-electron chi connectivity index (χ0n) is 9.38. The van der Waals surface area contributed by atoms with Crippen LogP contribution in [0.15, 0.2) is 28.7 Å². The van der Waals surface area contributed by atoms with Crippen molar-refractivity contribution in [3.8, 4) is 0 Å². The van der Waals surface area contributed by atoms with Crippen LogP contribution >= 0.6 is 11.6 Å². The van der Waals surface area contributed by atoms with Crippen LogP contribution < -0.4 is 0 Å². The van der Waals surface area contributed by atoms with Crippen molar-refractivity contribution in [2.75, 3.05) is 0 Å². The number of furan rings is 1. The Kier molecular flexibility index (Phi) is 3.03. The monoisotopic (exact) mass is 252 g/mol. The van der Waals surface area contributed by atoms with Gasteiger partial charge in [0.25, 0.3) is 0 Å². The van der Waals surface area contributed by atoms with E-state index in [0.717, 1.165) is 6.07 Å². The standard InChI is InChI=1S/C13H10ClFO2/c1-7-5-11(8(2)17-7)13(16)10-4-3-9(14)6-12(10)15/h3-6H,1-2H3. The number of hydrogen-bond donors (Lipinski definition) is 0. The maximum atomic E-state index is 13.6. The third-order valence-corrected chi connectivity index (χ3v) is 2.70. The van der Waals surface area contributed by atoms with Gasteiger partial charge in [0.1, 0.15) is 17.3 Å². The van der Waals surface area contributed by atoms with E-state index in [0.29, 0.717) is 17.1 Å². The third kappa shape index (κ3) is 2.24. The summed E-state index contributed by atoms with van der Waals surface area (Å²) in [5.74, 6) is 0.0938. The highest BCUT2D eigenvalue weighted by atomic mass is 35.5. The van der Waals surface area contributed by atoms with Gasteiger partial charge in [-0.3, -0.25) is 4.79 Å². The molecule has 0 radical (unpaired) electrons. The van der Waals surface area contributed by atoms with Crippen molar-refractivity contribution >= 4 is 17.4 Å². The second-order valence-corrected chi connectivity index (χ2v) is 4.22. The molecule has 0 unspecified atom stereocenters.